The van der Waals surface area contributed by atoms with Crippen molar-refractivity contribution < 1.29 is 14.3 Å². The van der Waals surface area contributed by atoms with Crippen molar-refractivity contribution in [1.82, 2.24) is 5.32 Å². The Balaban J connectivity index is 2.61. The fraction of sp³-hybridized carbons (Fsp3) is 0.333. The number of hydrogen-bond donors (Lipinski definition) is 1. The lowest BCUT2D eigenvalue weighted by Gasteiger charge is -2.30. The number of ether oxygens (including phenoxy) is 1. The molecule has 0 spiro atoms. The third-order valence-corrected chi connectivity index (χ3v) is 2.71. The van der Waals surface area contributed by atoms with Crippen LogP contribution in [0.3, 0.4) is 0 Å². The lowest BCUT2D eigenvalue weighted by molar-refractivity contribution is 0.0767. The molecule has 0 saturated carbocycles. The van der Waals surface area contributed by atoms with E-state index in [9.17, 15) is 9.59 Å². The first-order chi connectivity index (χ1) is 7.45. The van der Waals surface area contributed by atoms with Crippen LogP contribution in [0.4, 0.5) is 0 Å². The first-order valence-corrected chi connectivity index (χ1v) is 5.01. The molecular weight excluding hydrogens is 206 g/mol. The van der Waals surface area contributed by atoms with Gasteiger partial charge in [0, 0.05) is 5.56 Å². The highest BCUT2D eigenvalue weighted by Crippen LogP contribution is 2.26. The number of carbonyl (C=O) groups is 2. The van der Waals surface area contributed by atoms with E-state index in [0.717, 1.165) is 0 Å². The van der Waals surface area contributed by atoms with Crippen LogP contribution in [0, 0.1) is 0 Å². The second kappa shape index (κ2) is 3.33. The zero-order chi connectivity index (χ0) is 11.9. The van der Waals surface area contributed by atoms with Gasteiger partial charge < -0.3 is 10.1 Å². The van der Waals surface area contributed by atoms with E-state index in [1.807, 2.05) is 0 Å². The molecule has 0 fully saturated rings. The van der Waals surface area contributed by atoms with Gasteiger partial charge in [0.2, 0.25) is 0 Å². The van der Waals surface area contributed by atoms with Crippen LogP contribution in [0.1, 0.15) is 34.6 Å². The molecule has 0 atom stereocenters. The number of nitrogens with one attached hydrogen (secondary N) is 1. The number of carbonyl (C=O) groups excluding carboxylic acids is 2. The van der Waals surface area contributed by atoms with Crippen molar-refractivity contribution in [2.45, 2.75) is 19.4 Å². The predicted octanol–water partition coefficient (Wildman–Crippen LogP) is 1.40. The van der Waals surface area contributed by atoms with Crippen LogP contribution in [-0.4, -0.2) is 24.3 Å². The summed E-state index contributed by atoms with van der Waals surface area (Å²) in [6.45, 7) is 3.38. The molecule has 1 amide bonds. The first kappa shape index (κ1) is 10.7. The maximum absolute atomic E-state index is 12.1. The number of methoxy groups -OCH3 is 1. The van der Waals surface area contributed by atoms with Crippen molar-refractivity contribution >= 4 is 11.7 Å². The lowest BCUT2D eigenvalue weighted by Crippen LogP contribution is -2.53. The minimum absolute atomic E-state index is 0.0963. The molecule has 0 radical (unpaired) electrons. The van der Waals surface area contributed by atoms with Crippen LogP contribution >= 0.6 is 0 Å². The fourth-order valence-electron chi connectivity index (χ4n) is 1.78. The number of benzene rings is 1. The monoisotopic (exact) mass is 219 g/mol. The molecule has 1 heterocycles. The Morgan fingerprint density at radius 1 is 1.19 bits per heavy atom. The number of fused-ring (bicyclic) bond motifs is 1. The van der Waals surface area contributed by atoms with Crippen molar-refractivity contribution in [1.29, 1.82) is 0 Å². The van der Waals surface area contributed by atoms with Crippen LogP contribution in [0.15, 0.2) is 18.2 Å². The van der Waals surface area contributed by atoms with Crippen molar-refractivity contribution in [2.24, 2.45) is 0 Å². The number of amides is 1. The third-order valence-electron chi connectivity index (χ3n) is 2.71. The van der Waals surface area contributed by atoms with E-state index in [1.54, 1.807) is 32.0 Å². The van der Waals surface area contributed by atoms with E-state index >= 15 is 0 Å². The summed E-state index contributed by atoms with van der Waals surface area (Å²) < 4.78 is 5.05. The van der Waals surface area contributed by atoms with Gasteiger partial charge in [-0.3, -0.25) is 9.59 Å². The van der Waals surface area contributed by atoms with E-state index in [2.05, 4.69) is 5.32 Å². The van der Waals surface area contributed by atoms with Gasteiger partial charge in [-0.15, -0.1) is 0 Å². The molecule has 84 valence electrons. The Morgan fingerprint density at radius 2 is 1.88 bits per heavy atom. The quantitative estimate of drug-likeness (QED) is 0.776. The van der Waals surface area contributed by atoms with Crippen LogP contribution < -0.4 is 10.1 Å². The Kier molecular flexibility index (Phi) is 2.22. The van der Waals surface area contributed by atoms with E-state index < -0.39 is 5.54 Å². The van der Waals surface area contributed by atoms with Gasteiger partial charge in [0.05, 0.1) is 18.2 Å². The van der Waals surface area contributed by atoms with Crippen LogP contribution in [0.5, 0.6) is 5.75 Å². The summed E-state index contributed by atoms with van der Waals surface area (Å²) in [7, 11) is 1.53. The normalized spacial score (nSPS) is 17.7. The molecule has 1 N–H and O–H groups in total. The SMILES string of the molecule is COc1ccc2c(c1)C(=O)C(C)(C)NC2=O. The van der Waals surface area contributed by atoms with Crippen molar-refractivity contribution in [3.63, 3.8) is 0 Å². The van der Waals surface area contributed by atoms with Gasteiger partial charge in [-0.1, -0.05) is 0 Å². The Bertz CT molecular complexity index is 477. The zero-order valence-corrected chi connectivity index (χ0v) is 9.46. The molecule has 2 rings (SSSR count). The highest BCUT2D eigenvalue weighted by Gasteiger charge is 2.38. The minimum atomic E-state index is -0.851. The smallest absolute Gasteiger partial charge is 0.252 e. The van der Waals surface area contributed by atoms with Gasteiger partial charge in [0.1, 0.15) is 5.75 Å². The molecule has 0 bridgehead atoms. The second-order valence-corrected chi connectivity index (χ2v) is 4.32. The highest BCUT2D eigenvalue weighted by atomic mass is 16.5. The molecule has 0 unspecified atom stereocenters. The molecule has 1 aliphatic rings. The molecule has 0 aliphatic carbocycles. The maximum Gasteiger partial charge on any atom is 0.252 e. The molecule has 1 aromatic rings. The van der Waals surface area contributed by atoms with Crippen molar-refractivity contribution in [3.8, 4) is 5.75 Å². The molecular formula is C12H13NO3. The predicted molar refractivity (Wildman–Crippen MR) is 58.9 cm³/mol. The van der Waals surface area contributed by atoms with Gasteiger partial charge in [-0.25, -0.2) is 0 Å². The fourth-order valence-corrected chi connectivity index (χ4v) is 1.78. The number of ketones is 1. The molecule has 0 saturated heterocycles. The van der Waals surface area contributed by atoms with Gasteiger partial charge in [-0.05, 0) is 32.0 Å². The van der Waals surface area contributed by atoms with E-state index in [1.165, 1.54) is 7.11 Å². The highest BCUT2D eigenvalue weighted by molar-refractivity contribution is 6.17. The molecule has 4 nitrogen and oxygen atoms in total. The summed E-state index contributed by atoms with van der Waals surface area (Å²) in [6, 6.07) is 4.89. The second-order valence-electron chi connectivity index (χ2n) is 4.32. The summed E-state index contributed by atoms with van der Waals surface area (Å²) in [4.78, 5) is 23.8. The van der Waals surface area contributed by atoms with Gasteiger partial charge >= 0.3 is 0 Å². The number of rotatable bonds is 1. The average Bonchev–Trinajstić information content (AvgIpc) is 2.25. The van der Waals surface area contributed by atoms with Crippen molar-refractivity contribution in [2.75, 3.05) is 7.11 Å². The van der Waals surface area contributed by atoms with Crippen LogP contribution in [-0.2, 0) is 0 Å². The summed E-state index contributed by atoms with van der Waals surface area (Å²) >= 11 is 0. The summed E-state index contributed by atoms with van der Waals surface area (Å²) in [5, 5.41) is 2.67. The topological polar surface area (TPSA) is 55.4 Å². The van der Waals surface area contributed by atoms with E-state index in [0.29, 0.717) is 16.9 Å². The van der Waals surface area contributed by atoms with Crippen LogP contribution in [0.2, 0.25) is 0 Å². The number of Topliss-reactive ketones (excluding diaryl/α,β-unsaturated/α-hetero) is 1. The van der Waals surface area contributed by atoms with E-state index in [-0.39, 0.29) is 11.7 Å². The van der Waals surface area contributed by atoms with Gasteiger partial charge in [0.15, 0.2) is 5.78 Å². The Morgan fingerprint density at radius 3 is 2.50 bits per heavy atom. The minimum Gasteiger partial charge on any atom is -0.497 e. The lowest BCUT2D eigenvalue weighted by atomic mass is 9.86. The summed E-state index contributed by atoms with van der Waals surface area (Å²) in [5.41, 5.74) is -0.0191. The molecule has 1 aromatic carbocycles. The largest absolute Gasteiger partial charge is 0.497 e. The van der Waals surface area contributed by atoms with Gasteiger partial charge in [-0.2, -0.15) is 0 Å². The maximum atomic E-state index is 12.1. The molecule has 0 aromatic heterocycles. The Labute approximate surface area is 93.6 Å². The molecule has 16 heavy (non-hydrogen) atoms. The molecule has 4 heteroatoms. The average molecular weight is 219 g/mol. The molecule has 1 aliphatic heterocycles. The summed E-state index contributed by atoms with van der Waals surface area (Å²) in [6.07, 6.45) is 0. The Hall–Kier alpha value is -1.84. The van der Waals surface area contributed by atoms with E-state index in [4.69, 9.17) is 4.74 Å². The first-order valence-electron chi connectivity index (χ1n) is 5.01. The number of hydrogen-bond acceptors (Lipinski definition) is 3. The third kappa shape index (κ3) is 1.46. The standard InChI is InChI=1S/C12H13NO3/c1-12(2)10(14)9-6-7(16-3)4-5-8(9)11(15)13-12/h4-6H,1-3H3,(H,13,15). The van der Waals surface area contributed by atoms with Crippen molar-refractivity contribution in [3.05, 3.63) is 29.3 Å². The zero-order valence-electron chi connectivity index (χ0n) is 9.46. The van der Waals surface area contributed by atoms with Crippen LogP contribution in [0.25, 0.3) is 0 Å². The van der Waals surface area contributed by atoms with Gasteiger partial charge in [0.25, 0.3) is 5.91 Å². The summed E-state index contributed by atoms with van der Waals surface area (Å²) in [5.74, 6) is 0.265.